The van der Waals surface area contributed by atoms with E-state index in [0.29, 0.717) is 6.04 Å². The van der Waals surface area contributed by atoms with Gasteiger partial charge in [0.15, 0.2) is 0 Å². The van der Waals surface area contributed by atoms with E-state index in [1.54, 1.807) is 4.88 Å². The molecular formula is C20H28N4OS. The summed E-state index contributed by atoms with van der Waals surface area (Å²) in [5.41, 5.74) is 1.53. The molecule has 1 saturated heterocycles. The van der Waals surface area contributed by atoms with Crippen molar-refractivity contribution >= 4 is 27.4 Å². The van der Waals surface area contributed by atoms with Gasteiger partial charge in [0.1, 0.15) is 16.5 Å². The van der Waals surface area contributed by atoms with Crippen LogP contribution in [0.15, 0.2) is 0 Å². The Morgan fingerprint density at radius 1 is 1.04 bits per heavy atom. The van der Waals surface area contributed by atoms with E-state index in [1.165, 1.54) is 67.1 Å². The van der Waals surface area contributed by atoms with Crippen molar-refractivity contribution < 1.29 is 4.74 Å². The fourth-order valence-corrected chi connectivity index (χ4v) is 5.89. The first-order chi connectivity index (χ1) is 12.9. The van der Waals surface area contributed by atoms with Crippen molar-refractivity contribution in [2.24, 2.45) is 0 Å². The molecule has 0 unspecified atom stereocenters. The Morgan fingerprint density at radius 3 is 2.73 bits per heavy atom. The number of nitrogens with zero attached hydrogens (tertiary/aromatic N) is 3. The lowest BCUT2D eigenvalue weighted by Gasteiger charge is -2.26. The molecule has 5 rings (SSSR count). The monoisotopic (exact) mass is 372 g/mol. The van der Waals surface area contributed by atoms with Crippen LogP contribution in [-0.2, 0) is 24.1 Å². The van der Waals surface area contributed by atoms with Gasteiger partial charge in [0.05, 0.1) is 25.1 Å². The Bertz CT molecular complexity index is 778. The molecule has 0 aromatic carbocycles. The summed E-state index contributed by atoms with van der Waals surface area (Å²) in [5, 5.41) is 5.16. The Balaban J connectivity index is 1.48. The number of hydrogen-bond donors (Lipinski definition) is 1. The van der Waals surface area contributed by atoms with Crippen molar-refractivity contribution in [2.45, 2.75) is 64.0 Å². The van der Waals surface area contributed by atoms with Crippen LogP contribution in [0.4, 0.5) is 5.82 Å². The van der Waals surface area contributed by atoms with E-state index >= 15 is 0 Å². The van der Waals surface area contributed by atoms with Gasteiger partial charge >= 0.3 is 0 Å². The van der Waals surface area contributed by atoms with Crippen LogP contribution in [0.5, 0.6) is 0 Å². The lowest BCUT2D eigenvalue weighted by molar-refractivity contribution is 0.0331. The molecule has 2 aromatic heterocycles. The largest absolute Gasteiger partial charge is 0.379 e. The van der Waals surface area contributed by atoms with Gasteiger partial charge in [-0.3, -0.25) is 4.90 Å². The molecule has 3 heterocycles. The number of morpholine rings is 1. The molecule has 2 aliphatic carbocycles. The van der Waals surface area contributed by atoms with E-state index in [0.717, 1.165) is 44.5 Å². The molecule has 0 radical (unpaired) electrons. The third-order valence-electron chi connectivity index (χ3n) is 6.03. The highest BCUT2D eigenvalue weighted by Gasteiger charge is 2.24. The predicted molar refractivity (Wildman–Crippen MR) is 106 cm³/mol. The molecule has 140 valence electrons. The van der Waals surface area contributed by atoms with Crippen molar-refractivity contribution in [2.75, 3.05) is 31.6 Å². The summed E-state index contributed by atoms with van der Waals surface area (Å²) in [5.74, 6) is 2.09. The maximum absolute atomic E-state index is 5.48. The molecule has 1 aliphatic heterocycles. The van der Waals surface area contributed by atoms with Crippen LogP contribution in [0.3, 0.4) is 0 Å². The first kappa shape index (κ1) is 16.9. The van der Waals surface area contributed by atoms with E-state index in [4.69, 9.17) is 14.7 Å². The van der Waals surface area contributed by atoms with Gasteiger partial charge in [-0.25, -0.2) is 9.97 Å². The normalized spacial score (nSPS) is 22.0. The molecule has 26 heavy (non-hydrogen) atoms. The van der Waals surface area contributed by atoms with Crippen LogP contribution in [0.25, 0.3) is 10.2 Å². The van der Waals surface area contributed by atoms with Gasteiger partial charge in [-0.1, -0.05) is 19.3 Å². The molecule has 2 aromatic rings. The molecule has 1 saturated carbocycles. The van der Waals surface area contributed by atoms with Gasteiger partial charge in [0, 0.05) is 24.0 Å². The maximum Gasteiger partial charge on any atom is 0.146 e. The van der Waals surface area contributed by atoms with Crippen LogP contribution >= 0.6 is 11.3 Å². The first-order valence-electron chi connectivity index (χ1n) is 10.2. The Morgan fingerprint density at radius 2 is 1.88 bits per heavy atom. The summed E-state index contributed by atoms with van der Waals surface area (Å²) in [4.78, 5) is 15.2. The molecular weight excluding hydrogens is 344 g/mol. The lowest BCUT2D eigenvalue weighted by atomic mass is 9.95. The zero-order valence-electron chi connectivity index (χ0n) is 15.4. The molecule has 0 amide bonds. The first-order valence-corrected chi connectivity index (χ1v) is 11.1. The van der Waals surface area contributed by atoms with Crippen molar-refractivity contribution in [1.29, 1.82) is 0 Å². The topological polar surface area (TPSA) is 50.3 Å². The highest BCUT2D eigenvalue weighted by molar-refractivity contribution is 7.19. The second-order valence-electron chi connectivity index (χ2n) is 7.89. The summed E-state index contributed by atoms with van der Waals surface area (Å²) < 4.78 is 5.48. The van der Waals surface area contributed by atoms with E-state index in [-0.39, 0.29) is 0 Å². The molecule has 0 spiro atoms. The number of anilines is 1. The van der Waals surface area contributed by atoms with Crippen molar-refractivity contribution in [3.8, 4) is 0 Å². The minimum Gasteiger partial charge on any atom is -0.379 e. The van der Waals surface area contributed by atoms with Gasteiger partial charge in [-0.15, -0.1) is 11.3 Å². The quantitative estimate of drug-likeness (QED) is 0.886. The predicted octanol–water partition coefficient (Wildman–Crippen LogP) is 3.76. The summed E-state index contributed by atoms with van der Waals surface area (Å²) in [6.07, 6.45) is 10.3. The van der Waals surface area contributed by atoms with E-state index < -0.39 is 0 Å². The van der Waals surface area contributed by atoms with E-state index in [9.17, 15) is 0 Å². The number of aromatic nitrogens is 2. The third kappa shape index (κ3) is 3.35. The summed E-state index contributed by atoms with van der Waals surface area (Å²) >= 11 is 1.90. The minimum absolute atomic E-state index is 0.579. The zero-order chi connectivity index (χ0) is 17.3. The molecule has 0 bridgehead atoms. The Labute approximate surface area is 159 Å². The highest BCUT2D eigenvalue weighted by atomic mass is 32.1. The van der Waals surface area contributed by atoms with Crippen molar-refractivity contribution in [3.63, 3.8) is 0 Å². The van der Waals surface area contributed by atoms with Crippen LogP contribution < -0.4 is 5.32 Å². The van der Waals surface area contributed by atoms with Crippen LogP contribution in [0.1, 0.15) is 54.8 Å². The SMILES string of the molecule is C1CCC(Nc2nc(CN3CCOCC3)nc3sc4c(c23)CCC4)CC1. The van der Waals surface area contributed by atoms with Crippen molar-refractivity contribution in [1.82, 2.24) is 14.9 Å². The summed E-state index contributed by atoms with van der Waals surface area (Å²) in [6.45, 7) is 4.44. The third-order valence-corrected chi connectivity index (χ3v) is 7.21. The molecule has 0 atom stereocenters. The van der Waals surface area contributed by atoms with E-state index in [2.05, 4.69) is 10.2 Å². The number of rotatable bonds is 4. The Kier molecular flexibility index (Phi) is 4.82. The average Bonchev–Trinajstić information content (AvgIpc) is 3.24. The van der Waals surface area contributed by atoms with Crippen LogP contribution in [0.2, 0.25) is 0 Å². The number of nitrogens with one attached hydrogen (secondary N) is 1. The van der Waals surface area contributed by atoms with Gasteiger partial charge in [0.2, 0.25) is 0 Å². The average molecular weight is 373 g/mol. The number of thiophene rings is 1. The summed E-state index contributed by atoms with van der Waals surface area (Å²) in [7, 11) is 0. The van der Waals surface area contributed by atoms with E-state index in [1.807, 2.05) is 11.3 Å². The van der Waals surface area contributed by atoms with Gasteiger partial charge in [-0.2, -0.15) is 0 Å². The number of ether oxygens (including phenoxy) is 1. The van der Waals surface area contributed by atoms with Gasteiger partial charge in [0.25, 0.3) is 0 Å². The highest BCUT2D eigenvalue weighted by Crippen LogP contribution is 2.40. The fourth-order valence-electron chi connectivity index (χ4n) is 4.61. The van der Waals surface area contributed by atoms with Gasteiger partial charge < -0.3 is 10.1 Å². The number of hydrogen-bond acceptors (Lipinski definition) is 6. The van der Waals surface area contributed by atoms with Gasteiger partial charge in [-0.05, 0) is 37.7 Å². The molecule has 2 fully saturated rings. The summed E-state index contributed by atoms with van der Waals surface area (Å²) in [6, 6.07) is 0.579. The molecule has 3 aliphatic rings. The molecule has 5 nitrogen and oxygen atoms in total. The lowest BCUT2D eigenvalue weighted by Crippen LogP contribution is -2.36. The van der Waals surface area contributed by atoms with Crippen LogP contribution in [0, 0.1) is 0 Å². The van der Waals surface area contributed by atoms with Crippen LogP contribution in [-0.4, -0.2) is 47.2 Å². The molecule has 1 N–H and O–H groups in total. The standard InChI is InChI=1S/C20H28N4OS/c1-2-5-14(6-3-1)21-19-18-15-7-4-8-16(15)26-20(18)23-17(22-19)13-24-9-11-25-12-10-24/h14H,1-13H2,(H,21,22,23). The number of fused-ring (bicyclic) bond motifs is 3. The maximum atomic E-state index is 5.48. The second-order valence-corrected chi connectivity index (χ2v) is 8.98. The Hall–Kier alpha value is -1.24. The molecule has 6 heteroatoms. The van der Waals surface area contributed by atoms with Crippen molar-refractivity contribution in [3.05, 3.63) is 16.3 Å². The number of aryl methyl sites for hydroxylation is 2. The minimum atomic E-state index is 0.579. The smallest absolute Gasteiger partial charge is 0.146 e. The fraction of sp³-hybridized carbons (Fsp3) is 0.700. The second kappa shape index (κ2) is 7.41. The zero-order valence-corrected chi connectivity index (χ0v) is 16.2.